The topological polar surface area (TPSA) is 49.7 Å². The first-order valence-electron chi connectivity index (χ1n) is 8.38. The maximum atomic E-state index is 13.0. The summed E-state index contributed by atoms with van der Waals surface area (Å²) in [5.41, 5.74) is 2.65. The SMILES string of the molecule is CC(C)=CC(=O)N1CCN=C1c1ccccc1C(=O)c1ccc(Cl)cc1. The van der Waals surface area contributed by atoms with Gasteiger partial charge in [-0.3, -0.25) is 19.5 Å². The Bertz CT molecular complexity index is 910. The van der Waals surface area contributed by atoms with E-state index in [0.29, 0.717) is 40.6 Å². The van der Waals surface area contributed by atoms with Gasteiger partial charge in [0.25, 0.3) is 5.91 Å². The molecule has 0 spiro atoms. The number of nitrogens with zero attached hydrogens (tertiary/aromatic N) is 2. The first kappa shape index (κ1) is 18.1. The maximum absolute atomic E-state index is 13.0. The molecule has 0 N–H and O–H groups in total. The second-order valence-electron chi connectivity index (χ2n) is 6.30. The van der Waals surface area contributed by atoms with Crippen LogP contribution in [0.5, 0.6) is 0 Å². The van der Waals surface area contributed by atoms with Crippen LogP contribution in [-0.4, -0.2) is 35.5 Å². The predicted octanol–water partition coefficient (Wildman–Crippen LogP) is 4.13. The fraction of sp³-hybridized carbons (Fsp3) is 0.190. The summed E-state index contributed by atoms with van der Waals surface area (Å²) in [6.07, 6.45) is 1.59. The first-order valence-corrected chi connectivity index (χ1v) is 8.75. The lowest BCUT2D eigenvalue weighted by molar-refractivity contribution is -0.122. The lowest BCUT2D eigenvalue weighted by atomic mass is 9.97. The van der Waals surface area contributed by atoms with Crippen molar-refractivity contribution in [1.82, 2.24) is 4.90 Å². The number of aliphatic imine (C=N–C) groups is 1. The molecular weight excluding hydrogens is 348 g/mol. The minimum Gasteiger partial charge on any atom is -0.291 e. The zero-order chi connectivity index (χ0) is 18.7. The summed E-state index contributed by atoms with van der Waals surface area (Å²) in [7, 11) is 0. The largest absolute Gasteiger partial charge is 0.291 e. The highest BCUT2D eigenvalue weighted by Gasteiger charge is 2.27. The van der Waals surface area contributed by atoms with Gasteiger partial charge in [0.2, 0.25) is 0 Å². The van der Waals surface area contributed by atoms with Gasteiger partial charge in [0.05, 0.1) is 6.54 Å². The highest BCUT2D eigenvalue weighted by molar-refractivity contribution is 6.30. The van der Waals surface area contributed by atoms with Gasteiger partial charge in [-0.15, -0.1) is 0 Å². The molecule has 0 aliphatic carbocycles. The number of hydrogen-bond acceptors (Lipinski definition) is 3. The Morgan fingerprint density at radius 1 is 1.08 bits per heavy atom. The molecule has 1 heterocycles. The van der Waals surface area contributed by atoms with Gasteiger partial charge >= 0.3 is 0 Å². The molecule has 2 aromatic carbocycles. The van der Waals surface area contributed by atoms with Gasteiger partial charge in [-0.1, -0.05) is 41.4 Å². The van der Waals surface area contributed by atoms with Crippen molar-refractivity contribution in [3.8, 4) is 0 Å². The Labute approximate surface area is 157 Å². The van der Waals surface area contributed by atoms with Gasteiger partial charge in [-0.05, 0) is 38.1 Å². The van der Waals surface area contributed by atoms with E-state index in [9.17, 15) is 9.59 Å². The summed E-state index contributed by atoms with van der Waals surface area (Å²) in [5.74, 6) is 0.307. The van der Waals surface area contributed by atoms with Crippen LogP contribution in [0, 0.1) is 0 Å². The fourth-order valence-corrected chi connectivity index (χ4v) is 2.98. The van der Waals surface area contributed by atoms with E-state index in [2.05, 4.69) is 4.99 Å². The molecule has 0 saturated heterocycles. The number of amides is 1. The summed E-state index contributed by atoms with van der Waals surface area (Å²) in [4.78, 5) is 31.6. The number of halogens is 1. The molecule has 4 nitrogen and oxygen atoms in total. The van der Waals surface area contributed by atoms with Crippen LogP contribution >= 0.6 is 11.6 Å². The Morgan fingerprint density at radius 2 is 1.77 bits per heavy atom. The molecule has 2 aromatic rings. The average molecular weight is 367 g/mol. The molecule has 0 bridgehead atoms. The van der Waals surface area contributed by atoms with Crippen LogP contribution in [0.3, 0.4) is 0 Å². The van der Waals surface area contributed by atoms with E-state index in [1.165, 1.54) is 0 Å². The van der Waals surface area contributed by atoms with Crippen LogP contribution in [0.1, 0.15) is 35.3 Å². The Hall–Kier alpha value is -2.72. The monoisotopic (exact) mass is 366 g/mol. The van der Waals surface area contributed by atoms with Gasteiger partial charge in [-0.2, -0.15) is 0 Å². The second kappa shape index (κ2) is 7.67. The smallest absolute Gasteiger partial charge is 0.252 e. The summed E-state index contributed by atoms with van der Waals surface area (Å²) in [6, 6.07) is 14.0. The Kier molecular flexibility index (Phi) is 5.33. The number of carbonyl (C=O) groups is 2. The van der Waals surface area contributed by atoms with Gasteiger partial charge in [0, 0.05) is 34.3 Å². The van der Waals surface area contributed by atoms with E-state index in [1.54, 1.807) is 41.3 Å². The number of benzene rings is 2. The summed E-state index contributed by atoms with van der Waals surface area (Å²) < 4.78 is 0. The number of rotatable bonds is 4. The predicted molar refractivity (Wildman–Crippen MR) is 104 cm³/mol. The molecule has 0 atom stereocenters. The zero-order valence-electron chi connectivity index (χ0n) is 14.7. The molecule has 1 aliphatic rings. The molecule has 3 rings (SSSR count). The van der Waals surface area contributed by atoms with E-state index in [1.807, 2.05) is 32.0 Å². The van der Waals surface area contributed by atoms with Crippen LogP contribution in [0.25, 0.3) is 0 Å². The lowest BCUT2D eigenvalue weighted by Crippen LogP contribution is -2.34. The van der Waals surface area contributed by atoms with Crippen molar-refractivity contribution in [1.29, 1.82) is 0 Å². The van der Waals surface area contributed by atoms with Crippen molar-refractivity contribution in [2.75, 3.05) is 13.1 Å². The quantitative estimate of drug-likeness (QED) is 0.603. The van der Waals surface area contributed by atoms with Gasteiger partial charge in [0.1, 0.15) is 5.84 Å². The third-order valence-electron chi connectivity index (χ3n) is 4.04. The molecule has 0 radical (unpaired) electrons. The summed E-state index contributed by atoms with van der Waals surface area (Å²) >= 11 is 5.91. The molecule has 0 unspecified atom stereocenters. The molecule has 132 valence electrons. The maximum Gasteiger partial charge on any atom is 0.252 e. The van der Waals surface area contributed by atoms with Gasteiger partial charge < -0.3 is 0 Å². The summed E-state index contributed by atoms with van der Waals surface area (Å²) in [6.45, 7) is 4.80. The highest BCUT2D eigenvalue weighted by atomic mass is 35.5. The van der Waals surface area contributed by atoms with Crippen molar-refractivity contribution in [3.63, 3.8) is 0 Å². The first-order chi connectivity index (χ1) is 12.5. The number of carbonyl (C=O) groups excluding carboxylic acids is 2. The van der Waals surface area contributed by atoms with Crippen molar-refractivity contribution < 1.29 is 9.59 Å². The summed E-state index contributed by atoms with van der Waals surface area (Å²) in [5, 5.41) is 0.577. The molecular formula is C21H19ClN2O2. The van der Waals surface area contributed by atoms with Gasteiger partial charge in [-0.25, -0.2) is 0 Å². The van der Waals surface area contributed by atoms with Crippen molar-refractivity contribution in [3.05, 3.63) is 81.9 Å². The molecule has 26 heavy (non-hydrogen) atoms. The van der Waals surface area contributed by atoms with E-state index in [0.717, 1.165) is 5.57 Å². The van der Waals surface area contributed by atoms with Crippen LogP contribution in [0.4, 0.5) is 0 Å². The van der Waals surface area contributed by atoms with E-state index in [-0.39, 0.29) is 11.7 Å². The Balaban J connectivity index is 1.99. The third kappa shape index (κ3) is 3.75. The normalized spacial score (nSPS) is 13.3. The van der Waals surface area contributed by atoms with Crippen molar-refractivity contribution in [2.45, 2.75) is 13.8 Å². The molecule has 1 amide bonds. The standard InChI is InChI=1S/C21H19ClN2O2/c1-14(2)13-19(25)24-12-11-23-21(24)18-6-4-3-5-17(18)20(26)15-7-9-16(22)10-8-15/h3-10,13H,11-12H2,1-2H3. The minimum absolute atomic E-state index is 0.116. The van der Waals surface area contributed by atoms with Crippen LogP contribution in [0.15, 0.2) is 65.2 Å². The van der Waals surface area contributed by atoms with E-state index < -0.39 is 0 Å². The Morgan fingerprint density at radius 3 is 2.46 bits per heavy atom. The number of allylic oxidation sites excluding steroid dienone is 1. The highest BCUT2D eigenvalue weighted by Crippen LogP contribution is 2.21. The second-order valence-corrected chi connectivity index (χ2v) is 6.73. The molecule has 0 aromatic heterocycles. The van der Waals surface area contributed by atoms with Crippen LogP contribution < -0.4 is 0 Å². The lowest BCUT2D eigenvalue weighted by Gasteiger charge is -2.19. The minimum atomic E-state index is -0.124. The molecule has 0 saturated carbocycles. The number of ketones is 1. The third-order valence-corrected chi connectivity index (χ3v) is 4.29. The fourth-order valence-electron chi connectivity index (χ4n) is 2.85. The number of hydrogen-bond donors (Lipinski definition) is 0. The van der Waals surface area contributed by atoms with Crippen LogP contribution in [0.2, 0.25) is 5.02 Å². The molecule has 5 heteroatoms. The molecule has 1 aliphatic heterocycles. The van der Waals surface area contributed by atoms with Gasteiger partial charge in [0.15, 0.2) is 5.78 Å². The van der Waals surface area contributed by atoms with Crippen molar-refractivity contribution in [2.24, 2.45) is 4.99 Å². The number of amidine groups is 1. The average Bonchev–Trinajstić information content (AvgIpc) is 3.11. The van der Waals surface area contributed by atoms with E-state index in [4.69, 9.17) is 11.6 Å². The van der Waals surface area contributed by atoms with Crippen molar-refractivity contribution >= 4 is 29.1 Å². The zero-order valence-corrected chi connectivity index (χ0v) is 15.5. The van der Waals surface area contributed by atoms with Crippen LogP contribution in [-0.2, 0) is 4.79 Å². The van der Waals surface area contributed by atoms with E-state index >= 15 is 0 Å². The molecule has 0 fully saturated rings.